The number of hydrogen-bond donors (Lipinski definition) is 2. The zero-order valence-corrected chi connectivity index (χ0v) is 7.36. The Balaban J connectivity index is 2.46. The molecule has 0 aromatic rings. The van der Waals surface area contributed by atoms with Crippen LogP contribution in [0.3, 0.4) is 0 Å². The van der Waals surface area contributed by atoms with Crippen molar-refractivity contribution in [2.75, 3.05) is 13.1 Å². The quantitative estimate of drug-likeness (QED) is 0.550. The van der Waals surface area contributed by atoms with Gasteiger partial charge in [-0.3, -0.25) is 4.79 Å². The number of hydrogen-bond acceptors (Lipinski definition) is 3. The van der Waals surface area contributed by atoms with Gasteiger partial charge in [-0.2, -0.15) is 0 Å². The second kappa shape index (κ2) is 3.87. The largest absolute Gasteiger partial charge is 0.391 e. The third-order valence-corrected chi connectivity index (χ3v) is 2.10. The molecule has 0 radical (unpaired) electrons. The van der Waals surface area contributed by atoms with Crippen molar-refractivity contribution in [2.24, 2.45) is 5.73 Å². The van der Waals surface area contributed by atoms with Crippen molar-refractivity contribution in [3.63, 3.8) is 0 Å². The number of amides is 1. The first kappa shape index (κ1) is 9.48. The lowest BCUT2D eigenvalue weighted by Crippen LogP contribution is -2.48. The number of likely N-dealkylation sites (tertiary alicyclic amines) is 1. The van der Waals surface area contributed by atoms with Crippen LogP contribution in [0.5, 0.6) is 0 Å². The maximum atomic E-state index is 11.3. The molecule has 0 aliphatic carbocycles. The first-order chi connectivity index (χ1) is 5.61. The maximum Gasteiger partial charge on any atom is 0.239 e. The second-order valence-corrected chi connectivity index (χ2v) is 3.37. The molecule has 4 nitrogen and oxygen atoms in total. The summed E-state index contributed by atoms with van der Waals surface area (Å²) in [6.45, 7) is 2.85. The second-order valence-electron chi connectivity index (χ2n) is 3.37. The van der Waals surface area contributed by atoms with Gasteiger partial charge >= 0.3 is 0 Å². The zero-order valence-electron chi connectivity index (χ0n) is 7.36. The number of carbonyl (C=O) groups is 1. The van der Waals surface area contributed by atoms with Crippen LogP contribution in [0, 0.1) is 0 Å². The molecule has 2 unspecified atom stereocenters. The van der Waals surface area contributed by atoms with Gasteiger partial charge in [0.25, 0.3) is 0 Å². The molecule has 1 amide bonds. The minimum absolute atomic E-state index is 0.0613. The highest BCUT2D eigenvalue weighted by Gasteiger charge is 2.23. The summed E-state index contributed by atoms with van der Waals surface area (Å²) in [6.07, 6.45) is 1.31. The summed E-state index contributed by atoms with van der Waals surface area (Å²) in [4.78, 5) is 13.0. The molecule has 0 aromatic heterocycles. The lowest BCUT2D eigenvalue weighted by atomic mass is 10.1. The standard InChI is InChI=1S/C8H16N2O2/c1-6(9)8(12)10-4-2-3-7(11)5-10/h6-7,11H,2-5,9H2,1H3. The monoisotopic (exact) mass is 172 g/mol. The molecule has 0 saturated carbocycles. The van der Waals surface area contributed by atoms with Crippen LogP contribution in [0.4, 0.5) is 0 Å². The minimum Gasteiger partial charge on any atom is -0.391 e. The van der Waals surface area contributed by atoms with Crippen LogP contribution < -0.4 is 5.73 Å². The molecular formula is C8H16N2O2. The molecule has 1 fully saturated rings. The fourth-order valence-corrected chi connectivity index (χ4v) is 1.44. The predicted molar refractivity (Wildman–Crippen MR) is 45.5 cm³/mol. The van der Waals surface area contributed by atoms with Crippen LogP contribution in [-0.2, 0) is 4.79 Å². The van der Waals surface area contributed by atoms with Crippen molar-refractivity contribution < 1.29 is 9.90 Å². The van der Waals surface area contributed by atoms with E-state index in [1.54, 1.807) is 11.8 Å². The third kappa shape index (κ3) is 2.19. The van der Waals surface area contributed by atoms with E-state index in [9.17, 15) is 9.90 Å². The van der Waals surface area contributed by atoms with Crippen molar-refractivity contribution in [3.8, 4) is 0 Å². The van der Waals surface area contributed by atoms with E-state index in [0.29, 0.717) is 6.54 Å². The first-order valence-corrected chi connectivity index (χ1v) is 4.33. The number of nitrogens with two attached hydrogens (primary N) is 1. The van der Waals surface area contributed by atoms with E-state index >= 15 is 0 Å². The van der Waals surface area contributed by atoms with Crippen molar-refractivity contribution in [1.29, 1.82) is 0 Å². The predicted octanol–water partition coefficient (Wildman–Crippen LogP) is -0.683. The Labute approximate surface area is 72.3 Å². The Bertz CT molecular complexity index is 170. The molecule has 0 bridgehead atoms. The van der Waals surface area contributed by atoms with Gasteiger partial charge in [0.1, 0.15) is 0 Å². The summed E-state index contributed by atoms with van der Waals surface area (Å²) in [5.41, 5.74) is 5.44. The third-order valence-electron chi connectivity index (χ3n) is 2.10. The van der Waals surface area contributed by atoms with Crippen LogP contribution in [0.25, 0.3) is 0 Å². The molecule has 0 spiro atoms. The molecule has 1 aliphatic heterocycles. The Morgan fingerprint density at radius 2 is 2.42 bits per heavy atom. The first-order valence-electron chi connectivity index (χ1n) is 4.33. The molecular weight excluding hydrogens is 156 g/mol. The van der Waals surface area contributed by atoms with E-state index in [1.165, 1.54) is 0 Å². The van der Waals surface area contributed by atoms with Crippen LogP contribution in [0.1, 0.15) is 19.8 Å². The van der Waals surface area contributed by atoms with E-state index in [0.717, 1.165) is 19.4 Å². The Hall–Kier alpha value is -0.610. The van der Waals surface area contributed by atoms with Crippen molar-refractivity contribution in [1.82, 2.24) is 4.90 Å². The van der Waals surface area contributed by atoms with E-state index < -0.39 is 6.04 Å². The average molecular weight is 172 g/mol. The zero-order chi connectivity index (χ0) is 9.14. The Morgan fingerprint density at radius 1 is 1.75 bits per heavy atom. The summed E-state index contributed by atoms with van der Waals surface area (Å²) in [5.74, 6) is -0.0613. The Kier molecular flexibility index (Phi) is 3.05. The highest BCUT2D eigenvalue weighted by atomic mass is 16.3. The van der Waals surface area contributed by atoms with Crippen molar-refractivity contribution in [2.45, 2.75) is 31.9 Å². The average Bonchev–Trinajstić information content (AvgIpc) is 2.03. The smallest absolute Gasteiger partial charge is 0.239 e. The lowest BCUT2D eigenvalue weighted by molar-refractivity contribution is -0.135. The normalized spacial score (nSPS) is 26.9. The molecule has 1 saturated heterocycles. The highest BCUT2D eigenvalue weighted by Crippen LogP contribution is 2.10. The summed E-state index contributed by atoms with van der Waals surface area (Å²) in [6, 6.07) is -0.449. The summed E-state index contributed by atoms with van der Waals surface area (Å²) < 4.78 is 0. The van der Waals surface area contributed by atoms with Crippen LogP contribution in [-0.4, -0.2) is 41.1 Å². The number of aliphatic hydroxyl groups is 1. The number of nitrogens with zero attached hydrogens (tertiary/aromatic N) is 1. The van der Waals surface area contributed by atoms with Gasteiger partial charge in [0.05, 0.1) is 12.1 Å². The minimum atomic E-state index is -0.449. The molecule has 0 aromatic carbocycles. The van der Waals surface area contributed by atoms with Crippen LogP contribution >= 0.6 is 0 Å². The van der Waals surface area contributed by atoms with Gasteiger partial charge in [0.2, 0.25) is 5.91 Å². The summed E-state index contributed by atoms with van der Waals surface area (Å²) in [7, 11) is 0. The molecule has 1 aliphatic rings. The van der Waals surface area contributed by atoms with Crippen LogP contribution in [0.15, 0.2) is 0 Å². The van der Waals surface area contributed by atoms with E-state index in [4.69, 9.17) is 5.73 Å². The van der Waals surface area contributed by atoms with Gasteiger partial charge in [-0.15, -0.1) is 0 Å². The van der Waals surface area contributed by atoms with Gasteiger partial charge in [0.15, 0.2) is 0 Å². The Morgan fingerprint density at radius 3 is 2.92 bits per heavy atom. The molecule has 4 heteroatoms. The van der Waals surface area contributed by atoms with Gasteiger partial charge < -0.3 is 15.7 Å². The SMILES string of the molecule is CC(N)C(=O)N1CCCC(O)C1. The van der Waals surface area contributed by atoms with Gasteiger partial charge in [-0.25, -0.2) is 0 Å². The number of rotatable bonds is 1. The molecule has 2 atom stereocenters. The summed E-state index contributed by atoms with van der Waals surface area (Å²) >= 11 is 0. The number of piperidine rings is 1. The van der Waals surface area contributed by atoms with Crippen molar-refractivity contribution >= 4 is 5.91 Å². The van der Waals surface area contributed by atoms with E-state index in [1.807, 2.05) is 0 Å². The van der Waals surface area contributed by atoms with Crippen molar-refractivity contribution in [3.05, 3.63) is 0 Å². The van der Waals surface area contributed by atoms with Gasteiger partial charge in [0, 0.05) is 13.1 Å². The highest BCUT2D eigenvalue weighted by molar-refractivity contribution is 5.81. The number of carbonyl (C=O) groups excluding carboxylic acids is 1. The number of β-amino-alcohol motifs (C(OH)–C–C–N with tert-alkyl or cyclic N) is 1. The number of aliphatic hydroxyl groups excluding tert-OH is 1. The van der Waals surface area contributed by atoms with E-state index in [-0.39, 0.29) is 12.0 Å². The maximum absolute atomic E-state index is 11.3. The molecule has 12 heavy (non-hydrogen) atoms. The van der Waals surface area contributed by atoms with Crippen LogP contribution in [0.2, 0.25) is 0 Å². The lowest BCUT2D eigenvalue weighted by Gasteiger charge is -2.31. The molecule has 3 N–H and O–H groups in total. The fourth-order valence-electron chi connectivity index (χ4n) is 1.44. The van der Waals surface area contributed by atoms with Gasteiger partial charge in [-0.1, -0.05) is 0 Å². The van der Waals surface area contributed by atoms with Gasteiger partial charge in [-0.05, 0) is 19.8 Å². The topological polar surface area (TPSA) is 66.6 Å². The fraction of sp³-hybridized carbons (Fsp3) is 0.875. The van der Waals surface area contributed by atoms with E-state index in [2.05, 4.69) is 0 Å². The molecule has 1 heterocycles. The molecule has 70 valence electrons. The molecule has 1 rings (SSSR count). The summed E-state index contributed by atoms with van der Waals surface area (Å²) in [5, 5.41) is 9.28.